The molecule has 1 unspecified atom stereocenters. The van der Waals surface area contributed by atoms with Crippen LogP contribution >= 0.6 is 11.3 Å². The molecular weight excluding hydrogens is 442 g/mol. The van der Waals surface area contributed by atoms with Crippen molar-refractivity contribution in [3.05, 3.63) is 11.1 Å². The molecule has 166 valence electrons. The number of carboxylic acids is 2. The number of carbonyl (C=O) groups is 5. The molecule has 2 aliphatic heterocycles. The molecule has 2 fully saturated rings. The third-order valence-electron chi connectivity index (χ3n) is 4.11. The van der Waals surface area contributed by atoms with Gasteiger partial charge in [0, 0.05) is 11.8 Å². The lowest BCUT2D eigenvalue weighted by Crippen LogP contribution is -2.57. The van der Waals surface area contributed by atoms with E-state index in [9.17, 15) is 29.1 Å². The number of amides is 2. The fourth-order valence-corrected chi connectivity index (χ4v) is 3.28. The van der Waals surface area contributed by atoms with Crippen molar-refractivity contribution in [1.29, 1.82) is 0 Å². The van der Waals surface area contributed by atoms with Crippen molar-refractivity contribution in [2.24, 2.45) is 5.16 Å². The lowest BCUT2D eigenvalue weighted by atomic mass is 10.1. The number of nitrogen functional groups attached to an aromatic ring is 1. The Morgan fingerprint density at radius 1 is 1.42 bits per heavy atom. The molecule has 5 N–H and O–H groups in total. The van der Waals surface area contributed by atoms with Gasteiger partial charge in [-0.05, 0) is 0 Å². The number of rotatable bonds is 8. The second-order valence-electron chi connectivity index (χ2n) is 6.20. The first-order valence-electron chi connectivity index (χ1n) is 8.50. The molecule has 2 aliphatic rings. The Balaban J connectivity index is 1.76. The number of carbonyl (C=O) groups excluding carboxylic acids is 3. The zero-order valence-electron chi connectivity index (χ0n) is 15.5. The number of nitrogens with two attached hydrogens (primary N) is 1. The van der Waals surface area contributed by atoms with Crippen LogP contribution in [0.25, 0.3) is 0 Å². The van der Waals surface area contributed by atoms with E-state index in [0.717, 1.165) is 11.3 Å². The number of esters is 1. The quantitative estimate of drug-likeness (QED) is 0.187. The lowest BCUT2D eigenvalue weighted by Gasteiger charge is -2.30. The fraction of sp³-hybridized carbons (Fsp3) is 0.400. The highest BCUT2D eigenvalue weighted by Gasteiger charge is 2.59. The molecule has 0 aromatic carbocycles. The van der Waals surface area contributed by atoms with Crippen LogP contribution in [0.1, 0.15) is 18.5 Å². The molecule has 3 rings (SSSR count). The van der Waals surface area contributed by atoms with Crippen molar-refractivity contribution in [3.63, 3.8) is 0 Å². The van der Waals surface area contributed by atoms with Gasteiger partial charge in [0.25, 0.3) is 11.8 Å². The molecule has 15 nitrogen and oxygen atoms in total. The van der Waals surface area contributed by atoms with Crippen LogP contribution in [-0.4, -0.2) is 80.7 Å². The van der Waals surface area contributed by atoms with Gasteiger partial charge in [0.2, 0.25) is 6.61 Å². The van der Waals surface area contributed by atoms with Crippen molar-refractivity contribution in [3.8, 4) is 0 Å². The lowest BCUT2D eigenvalue weighted by molar-refractivity contribution is -0.256. The van der Waals surface area contributed by atoms with Crippen molar-refractivity contribution in [2.45, 2.75) is 24.6 Å². The molecule has 2 saturated heterocycles. The van der Waals surface area contributed by atoms with Crippen LogP contribution in [0.15, 0.2) is 10.5 Å². The molecule has 0 radical (unpaired) electrons. The van der Waals surface area contributed by atoms with Crippen LogP contribution in [0.4, 0.5) is 5.13 Å². The number of thiazole rings is 1. The van der Waals surface area contributed by atoms with Crippen LogP contribution < -0.4 is 11.1 Å². The third kappa shape index (κ3) is 4.38. The van der Waals surface area contributed by atoms with Crippen LogP contribution in [0.5, 0.6) is 0 Å². The van der Waals surface area contributed by atoms with Gasteiger partial charge in [-0.2, -0.15) is 5.06 Å². The molecular formula is C15H15N5O10S. The number of ether oxygens (including phenoxy) is 1. The summed E-state index contributed by atoms with van der Waals surface area (Å²) in [5, 5.41) is 25.7. The number of cyclic esters (lactones) is 1. The third-order valence-corrected chi connectivity index (χ3v) is 4.78. The molecule has 0 spiro atoms. The first-order chi connectivity index (χ1) is 14.6. The molecule has 1 aromatic rings. The van der Waals surface area contributed by atoms with Gasteiger partial charge in [-0.3, -0.25) is 19.2 Å². The Labute approximate surface area is 176 Å². The van der Waals surface area contributed by atoms with Crippen molar-refractivity contribution >= 4 is 51.9 Å². The van der Waals surface area contributed by atoms with Crippen LogP contribution in [0, 0.1) is 0 Å². The summed E-state index contributed by atoms with van der Waals surface area (Å²) >= 11 is 0.974. The smallest absolute Gasteiger partial charge is 0.372 e. The van der Waals surface area contributed by atoms with Crippen molar-refractivity contribution < 1.29 is 48.6 Å². The number of hydrogen-bond donors (Lipinski definition) is 4. The number of nitrogens with one attached hydrogen (secondary N) is 1. The van der Waals surface area contributed by atoms with E-state index in [1.807, 2.05) is 0 Å². The van der Waals surface area contributed by atoms with E-state index >= 15 is 0 Å². The zero-order valence-corrected chi connectivity index (χ0v) is 16.3. The number of aliphatic carboxylic acids is 2. The van der Waals surface area contributed by atoms with Crippen LogP contribution in [-0.2, 0) is 38.4 Å². The summed E-state index contributed by atoms with van der Waals surface area (Å²) in [6, 6.07) is -1.36. The predicted molar refractivity (Wildman–Crippen MR) is 97.1 cm³/mol. The van der Waals surface area contributed by atoms with Gasteiger partial charge in [0.05, 0.1) is 6.42 Å². The molecule has 0 saturated carbocycles. The van der Waals surface area contributed by atoms with Crippen molar-refractivity contribution in [2.75, 3.05) is 18.9 Å². The Kier molecular flexibility index (Phi) is 6.02. The summed E-state index contributed by atoms with van der Waals surface area (Å²) in [7, 11) is 0. The van der Waals surface area contributed by atoms with E-state index in [1.165, 1.54) is 5.38 Å². The summed E-state index contributed by atoms with van der Waals surface area (Å²) in [4.78, 5) is 72.6. The van der Waals surface area contributed by atoms with Gasteiger partial charge in [-0.15, -0.1) is 11.3 Å². The van der Waals surface area contributed by atoms with Gasteiger partial charge in [0.15, 0.2) is 10.8 Å². The second-order valence-corrected chi connectivity index (χ2v) is 7.09. The van der Waals surface area contributed by atoms with E-state index in [4.69, 9.17) is 20.4 Å². The molecule has 3 heterocycles. The Morgan fingerprint density at radius 2 is 2.16 bits per heavy atom. The summed E-state index contributed by atoms with van der Waals surface area (Å²) in [5.41, 5.74) is 2.68. The van der Waals surface area contributed by atoms with Crippen LogP contribution in [0.2, 0.25) is 0 Å². The second kappa shape index (κ2) is 8.52. The molecule has 2 amide bonds. The fourth-order valence-electron chi connectivity index (χ4n) is 2.73. The first kappa shape index (κ1) is 21.9. The van der Waals surface area contributed by atoms with Gasteiger partial charge in [-0.1, -0.05) is 5.16 Å². The molecule has 2 atom stereocenters. The van der Waals surface area contributed by atoms with E-state index in [1.54, 1.807) is 0 Å². The maximum Gasteiger partial charge on any atom is 0.372 e. The largest absolute Gasteiger partial charge is 0.479 e. The molecule has 0 bridgehead atoms. The minimum Gasteiger partial charge on any atom is -0.479 e. The van der Waals surface area contributed by atoms with Gasteiger partial charge < -0.3 is 30.8 Å². The minimum atomic E-state index is -2.33. The zero-order chi connectivity index (χ0) is 22.8. The number of oxime groups is 1. The monoisotopic (exact) mass is 457 g/mol. The number of carboxylic acid groups (broad SMARTS) is 2. The molecule has 1 aromatic heterocycles. The van der Waals surface area contributed by atoms with E-state index < -0.39 is 60.4 Å². The Morgan fingerprint density at radius 3 is 2.71 bits per heavy atom. The highest BCUT2D eigenvalue weighted by molar-refractivity contribution is 7.13. The van der Waals surface area contributed by atoms with E-state index in [-0.39, 0.29) is 23.7 Å². The molecule has 0 aliphatic carbocycles. The van der Waals surface area contributed by atoms with Crippen molar-refractivity contribution in [1.82, 2.24) is 15.4 Å². The molecule has 31 heavy (non-hydrogen) atoms. The summed E-state index contributed by atoms with van der Waals surface area (Å²) in [6.45, 7) is -1.30. The number of aromatic nitrogens is 1. The predicted octanol–water partition coefficient (Wildman–Crippen LogP) is -2.09. The maximum absolute atomic E-state index is 12.7. The van der Waals surface area contributed by atoms with E-state index in [2.05, 4.69) is 20.3 Å². The highest BCUT2D eigenvalue weighted by Crippen LogP contribution is 2.34. The van der Waals surface area contributed by atoms with Gasteiger partial charge in [0.1, 0.15) is 18.3 Å². The summed E-state index contributed by atoms with van der Waals surface area (Å²) in [6.07, 6.45) is -0.569. The SMILES string of the molecule is Nc1nc(C(=NOCC(=O)O)C(=O)N[C@H]2CON(C3(C(=O)O)CCC(=O)O3)C2=O)cs1. The Hall–Kier alpha value is -3.79. The van der Waals surface area contributed by atoms with Gasteiger partial charge in [-0.25, -0.2) is 14.6 Å². The minimum absolute atomic E-state index is 0.0414. The number of nitrogens with zero attached hydrogens (tertiary/aromatic N) is 3. The normalized spacial score (nSPS) is 23.5. The molecule has 16 heteroatoms. The standard InChI is InChI=1S/C15H15N5O10S/c16-14-18-7(5-31-14)10(19-28-4-8(21)22)11(24)17-6-3-29-20(12(6)25)15(13(26)27)2-1-9(23)30-15/h5-6H,1-4H2,(H2,16,18)(H,17,24)(H,21,22)(H,26,27)/t6-,15?/m0/s1. The maximum atomic E-state index is 12.7. The van der Waals surface area contributed by atoms with Gasteiger partial charge >= 0.3 is 23.6 Å². The average Bonchev–Trinajstić information content (AvgIpc) is 3.39. The highest BCUT2D eigenvalue weighted by atomic mass is 32.1. The average molecular weight is 457 g/mol. The Bertz CT molecular complexity index is 977. The topological polar surface area (TPSA) is 220 Å². The number of anilines is 1. The summed E-state index contributed by atoms with van der Waals surface area (Å²) in [5.74, 6) is -5.75. The van der Waals surface area contributed by atoms with E-state index in [0.29, 0.717) is 5.06 Å². The number of hydroxylamine groups is 2. The van der Waals surface area contributed by atoms with Crippen LogP contribution in [0.3, 0.4) is 0 Å². The number of hydrogen-bond acceptors (Lipinski definition) is 12. The first-order valence-corrected chi connectivity index (χ1v) is 9.38. The summed E-state index contributed by atoms with van der Waals surface area (Å²) < 4.78 is 4.82.